The lowest BCUT2D eigenvalue weighted by Crippen LogP contribution is -2.30. The molecule has 0 amide bonds. The highest BCUT2D eigenvalue weighted by Crippen LogP contribution is 2.17. The molecule has 11 heteroatoms. The minimum Gasteiger partial charge on any atom is -0.464 e. The average Bonchev–Trinajstić information content (AvgIpc) is 3.35. The number of furan rings is 2. The van der Waals surface area contributed by atoms with Crippen LogP contribution in [0.15, 0.2) is 45.1 Å². The maximum Gasteiger partial charge on any atom is 0.274 e. The van der Waals surface area contributed by atoms with Gasteiger partial charge in [0, 0.05) is 24.6 Å². The lowest BCUT2D eigenvalue weighted by atomic mass is 10.4. The van der Waals surface area contributed by atoms with Crippen molar-refractivity contribution in [2.75, 3.05) is 52.8 Å². The molecule has 0 radical (unpaired) electrons. The van der Waals surface area contributed by atoms with Gasteiger partial charge in [-0.2, -0.15) is 23.5 Å². The second-order valence-electron chi connectivity index (χ2n) is 8.00. The van der Waals surface area contributed by atoms with Crippen LogP contribution >= 0.6 is 23.5 Å². The molecule has 0 aliphatic carbocycles. The zero-order valence-electron chi connectivity index (χ0n) is 19.8. The minimum absolute atomic E-state index is 0.429. The van der Waals surface area contributed by atoms with Crippen molar-refractivity contribution < 1.29 is 13.8 Å². The van der Waals surface area contributed by atoms with Gasteiger partial charge in [-0.15, -0.1) is 0 Å². The summed E-state index contributed by atoms with van der Waals surface area (Å²) in [4.78, 5) is 14.6. The Morgan fingerprint density at radius 1 is 0.879 bits per heavy atom. The molecule has 0 fully saturated rings. The Hall–Kier alpha value is -2.08. The van der Waals surface area contributed by atoms with Crippen molar-refractivity contribution in [1.82, 2.24) is 20.4 Å². The van der Waals surface area contributed by atoms with Gasteiger partial charge in [0.05, 0.1) is 29.5 Å². The molecule has 9 nitrogen and oxygen atoms in total. The fourth-order valence-electron chi connectivity index (χ4n) is 2.91. The van der Waals surface area contributed by atoms with Crippen molar-refractivity contribution in [3.05, 3.63) is 69.4 Å². The molecule has 2 aromatic heterocycles. The molecule has 0 spiro atoms. The second-order valence-corrected chi connectivity index (χ2v) is 10.2. The summed E-state index contributed by atoms with van der Waals surface area (Å²) in [5.41, 5.74) is 0. The quantitative estimate of drug-likeness (QED) is 0.192. The highest BCUT2D eigenvalue weighted by Gasteiger charge is 2.06. The first-order valence-electron chi connectivity index (χ1n) is 10.7. The van der Waals surface area contributed by atoms with Crippen molar-refractivity contribution >= 4 is 23.5 Å². The Balaban J connectivity index is 1.61. The molecule has 0 aromatic carbocycles. The lowest BCUT2D eigenvalue weighted by molar-refractivity contribution is -0.404. The van der Waals surface area contributed by atoms with Crippen molar-refractivity contribution in [3.8, 4) is 0 Å². The molecule has 0 saturated heterocycles. The van der Waals surface area contributed by atoms with Gasteiger partial charge in [0.15, 0.2) is 5.82 Å². The molecule has 2 rings (SSSR count). The maximum atomic E-state index is 10.9. The van der Waals surface area contributed by atoms with Crippen LogP contribution in [-0.2, 0) is 24.6 Å². The fourth-order valence-corrected chi connectivity index (χ4v) is 4.41. The van der Waals surface area contributed by atoms with Crippen molar-refractivity contribution in [3.63, 3.8) is 0 Å². The maximum absolute atomic E-state index is 10.9. The van der Waals surface area contributed by atoms with Crippen LogP contribution in [0.4, 0.5) is 0 Å². The molecular formula is C22H35N5O4S2. The number of nitrogens with zero attached hydrogens (tertiary/aromatic N) is 3. The third-order valence-corrected chi connectivity index (χ3v) is 6.19. The van der Waals surface area contributed by atoms with Crippen LogP contribution in [-0.4, -0.2) is 67.5 Å². The lowest BCUT2D eigenvalue weighted by Gasteiger charge is -2.11. The van der Waals surface area contributed by atoms with Crippen LogP contribution in [0.3, 0.4) is 0 Å². The van der Waals surface area contributed by atoms with Gasteiger partial charge < -0.3 is 29.3 Å². The van der Waals surface area contributed by atoms with Gasteiger partial charge in [0.2, 0.25) is 0 Å². The van der Waals surface area contributed by atoms with Gasteiger partial charge in [-0.3, -0.25) is 10.1 Å². The van der Waals surface area contributed by atoms with Crippen LogP contribution in [0.25, 0.3) is 0 Å². The van der Waals surface area contributed by atoms with Crippen LogP contribution in [0.5, 0.6) is 0 Å². The Morgan fingerprint density at radius 2 is 1.30 bits per heavy atom. The molecule has 2 aromatic rings. The summed E-state index contributed by atoms with van der Waals surface area (Å²) in [7, 11) is 8.03. The van der Waals surface area contributed by atoms with E-state index in [0.29, 0.717) is 18.9 Å². The predicted molar refractivity (Wildman–Crippen MR) is 136 cm³/mol. The van der Waals surface area contributed by atoms with Gasteiger partial charge >= 0.3 is 0 Å². The van der Waals surface area contributed by atoms with Crippen LogP contribution < -0.4 is 10.6 Å². The molecule has 184 valence electrons. The normalized spacial score (nSPS) is 11.2. The monoisotopic (exact) mass is 497 g/mol. The molecule has 0 aliphatic rings. The number of hydrogen-bond acceptors (Lipinski definition) is 10. The second kappa shape index (κ2) is 14.9. The Morgan fingerprint density at radius 3 is 1.70 bits per heavy atom. The molecule has 33 heavy (non-hydrogen) atoms. The van der Waals surface area contributed by atoms with E-state index in [1.807, 2.05) is 52.5 Å². The minimum atomic E-state index is -0.445. The topological polar surface area (TPSA) is 100.0 Å². The van der Waals surface area contributed by atoms with Crippen molar-refractivity contribution in [2.45, 2.75) is 24.6 Å². The summed E-state index contributed by atoms with van der Waals surface area (Å²) >= 11 is 3.44. The van der Waals surface area contributed by atoms with E-state index in [0.717, 1.165) is 65.3 Å². The Bertz CT molecular complexity index is 806. The fraction of sp³-hybridized carbons (Fsp3) is 0.545. The molecular weight excluding hydrogens is 462 g/mol. The summed E-state index contributed by atoms with van der Waals surface area (Å²) in [6.45, 7) is 2.81. The third kappa shape index (κ3) is 12.1. The largest absolute Gasteiger partial charge is 0.464 e. The number of thioether (sulfide) groups is 2. The van der Waals surface area contributed by atoms with Crippen LogP contribution in [0.1, 0.15) is 23.0 Å². The number of nitrogens with one attached hydrogen (secondary N) is 2. The highest BCUT2D eigenvalue weighted by atomic mass is 32.2. The summed E-state index contributed by atoms with van der Waals surface area (Å²) in [5, 5.41) is 17.2. The van der Waals surface area contributed by atoms with Gasteiger partial charge in [-0.1, -0.05) is 0 Å². The Labute approximate surface area is 204 Å². The first-order valence-corrected chi connectivity index (χ1v) is 13.1. The van der Waals surface area contributed by atoms with Crippen molar-refractivity contribution in [2.24, 2.45) is 0 Å². The molecule has 0 atom stereocenters. The molecule has 0 aliphatic heterocycles. The molecule has 2 heterocycles. The van der Waals surface area contributed by atoms with E-state index >= 15 is 0 Å². The predicted octanol–water partition coefficient (Wildman–Crippen LogP) is 3.42. The summed E-state index contributed by atoms with van der Waals surface area (Å²) in [6, 6.07) is 8.01. The zero-order valence-corrected chi connectivity index (χ0v) is 21.5. The first-order chi connectivity index (χ1) is 15.8. The van der Waals surface area contributed by atoms with Gasteiger partial charge in [0.1, 0.15) is 23.0 Å². The van der Waals surface area contributed by atoms with Crippen LogP contribution in [0, 0.1) is 10.1 Å². The van der Waals surface area contributed by atoms with E-state index in [1.54, 1.807) is 23.5 Å². The molecule has 2 N–H and O–H groups in total. The van der Waals surface area contributed by atoms with E-state index in [-0.39, 0.29) is 0 Å². The number of nitro groups is 1. The van der Waals surface area contributed by atoms with E-state index in [1.165, 1.54) is 0 Å². The molecule has 0 bridgehead atoms. The molecule has 0 saturated carbocycles. The smallest absolute Gasteiger partial charge is 0.274 e. The highest BCUT2D eigenvalue weighted by molar-refractivity contribution is 7.98. The first kappa shape index (κ1) is 27.2. The van der Waals surface area contributed by atoms with E-state index in [2.05, 4.69) is 20.4 Å². The summed E-state index contributed by atoms with van der Waals surface area (Å²) in [5.74, 6) is 7.38. The van der Waals surface area contributed by atoms with Crippen molar-refractivity contribution in [1.29, 1.82) is 0 Å². The molecule has 0 unspecified atom stereocenters. The van der Waals surface area contributed by atoms with E-state index < -0.39 is 4.92 Å². The number of hydrogen-bond donors (Lipinski definition) is 2. The van der Waals surface area contributed by atoms with E-state index in [4.69, 9.17) is 8.83 Å². The summed E-state index contributed by atoms with van der Waals surface area (Å²) < 4.78 is 11.6. The SMILES string of the molecule is CN(C)Cc1ccc(CSCCNC(=C[N+](=O)[O-])NCCSCc2ccc(CN(C)C)o2)o1. The van der Waals surface area contributed by atoms with Crippen LogP contribution in [0.2, 0.25) is 0 Å². The Kier molecular flexibility index (Phi) is 12.3. The van der Waals surface area contributed by atoms with E-state index in [9.17, 15) is 10.1 Å². The zero-order chi connectivity index (χ0) is 24.1. The average molecular weight is 498 g/mol. The summed E-state index contributed by atoms with van der Waals surface area (Å²) in [6.07, 6.45) is 0.982. The van der Waals surface area contributed by atoms with Gasteiger partial charge in [0.25, 0.3) is 6.20 Å². The standard InChI is InChI=1S/C22H35N5O4S2/c1-25(2)13-18-5-7-20(30-18)16-32-11-9-23-22(15-27(28)29)24-10-12-33-17-21-8-6-19(31-21)14-26(3)4/h5-8,15,23-24H,9-14,16-17H2,1-4H3. The third-order valence-electron chi connectivity index (χ3n) is 4.23. The number of rotatable bonds is 17. The van der Waals surface area contributed by atoms with Gasteiger partial charge in [-0.05, 0) is 52.5 Å². The van der Waals surface area contributed by atoms with Gasteiger partial charge in [-0.25, -0.2) is 0 Å².